The molecule has 0 aromatic carbocycles. The van der Waals surface area contributed by atoms with Crippen LogP contribution in [0.1, 0.15) is 29.9 Å². The van der Waals surface area contributed by atoms with Crippen LogP contribution >= 0.6 is 15.9 Å². The maximum atomic E-state index is 5.16. The Labute approximate surface area is 133 Å². The molecule has 1 atom stereocenters. The molecule has 0 saturated heterocycles. The quantitative estimate of drug-likeness (QED) is 0.832. The Balaban J connectivity index is 2.37. The first kappa shape index (κ1) is 16.1. The summed E-state index contributed by atoms with van der Waals surface area (Å²) in [6, 6.07) is 4.19. The zero-order chi connectivity index (χ0) is 15.2. The number of hydrogen-bond acceptors (Lipinski definition) is 4. The molecule has 114 valence electrons. The second-order valence-corrected chi connectivity index (χ2v) is 5.67. The van der Waals surface area contributed by atoms with Crippen LogP contribution in [0.2, 0.25) is 0 Å². The molecule has 0 aliphatic heterocycles. The number of halogens is 1. The van der Waals surface area contributed by atoms with Gasteiger partial charge in [0.05, 0.1) is 35.6 Å². The van der Waals surface area contributed by atoms with Gasteiger partial charge in [-0.05, 0) is 41.0 Å². The van der Waals surface area contributed by atoms with Gasteiger partial charge < -0.3 is 10.1 Å². The fourth-order valence-corrected chi connectivity index (χ4v) is 2.77. The number of nitrogens with one attached hydrogen (secondary N) is 1. The number of hydrogen-bond donors (Lipinski definition) is 1. The summed E-state index contributed by atoms with van der Waals surface area (Å²) in [6.45, 7) is 6.30. The summed E-state index contributed by atoms with van der Waals surface area (Å²) >= 11 is 3.61. The van der Waals surface area contributed by atoms with E-state index in [1.54, 1.807) is 7.11 Å². The predicted molar refractivity (Wildman–Crippen MR) is 86.3 cm³/mol. The molecule has 1 unspecified atom stereocenters. The fraction of sp³-hybridized carbons (Fsp3) is 0.467. The highest BCUT2D eigenvalue weighted by Gasteiger charge is 2.21. The second kappa shape index (κ2) is 7.68. The van der Waals surface area contributed by atoms with Crippen LogP contribution in [0, 0.1) is 6.92 Å². The van der Waals surface area contributed by atoms with Gasteiger partial charge in [-0.3, -0.25) is 9.67 Å². The second-order valence-electron chi connectivity index (χ2n) is 4.82. The molecule has 1 N–H and O–H groups in total. The van der Waals surface area contributed by atoms with Gasteiger partial charge in [0.2, 0.25) is 0 Å². The average molecular weight is 353 g/mol. The number of rotatable bonds is 7. The maximum absolute atomic E-state index is 5.16. The van der Waals surface area contributed by atoms with Crippen LogP contribution in [-0.4, -0.2) is 35.0 Å². The van der Waals surface area contributed by atoms with Crippen molar-refractivity contribution in [3.05, 3.63) is 46.0 Å². The molecular weight excluding hydrogens is 332 g/mol. The summed E-state index contributed by atoms with van der Waals surface area (Å²) in [6.07, 6.45) is 3.75. The van der Waals surface area contributed by atoms with Crippen molar-refractivity contribution >= 4 is 15.9 Å². The van der Waals surface area contributed by atoms with E-state index in [-0.39, 0.29) is 6.04 Å². The van der Waals surface area contributed by atoms with Crippen molar-refractivity contribution in [2.45, 2.75) is 26.4 Å². The summed E-state index contributed by atoms with van der Waals surface area (Å²) in [5, 5.41) is 7.94. The molecular formula is C15H21BrN4O. The smallest absolute Gasteiger partial charge is 0.0774 e. The Morgan fingerprint density at radius 1 is 1.38 bits per heavy atom. The van der Waals surface area contributed by atoms with Gasteiger partial charge in [0.1, 0.15) is 0 Å². The van der Waals surface area contributed by atoms with Crippen molar-refractivity contribution in [3.8, 4) is 0 Å². The molecule has 21 heavy (non-hydrogen) atoms. The molecule has 0 radical (unpaired) electrons. The molecule has 2 aromatic rings. The minimum atomic E-state index is 0.0526. The lowest BCUT2D eigenvalue weighted by Crippen LogP contribution is -2.26. The Hall–Kier alpha value is -1.24. The number of aryl methyl sites for hydroxylation is 1. The lowest BCUT2D eigenvalue weighted by Gasteiger charge is -2.20. The zero-order valence-electron chi connectivity index (χ0n) is 12.6. The molecule has 0 bridgehead atoms. The highest BCUT2D eigenvalue weighted by atomic mass is 79.9. The van der Waals surface area contributed by atoms with Crippen LogP contribution in [0.4, 0.5) is 0 Å². The van der Waals surface area contributed by atoms with Crippen LogP contribution in [0.5, 0.6) is 0 Å². The van der Waals surface area contributed by atoms with Gasteiger partial charge in [-0.2, -0.15) is 5.10 Å². The molecule has 0 aliphatic rings. The number of nitrogens with zero attached hydrogens (tertiary/aromatic N) is 3. The molecule has 6 heteroatoms. The summed E-state index contributed by atoms with van der Waals surface area (Å²) in [4.78, 5) is 4.40. The Morgan fingerprint density at radius 3 is 2.81 bits per heavy atom. The van der Waals surface area contributed by atoms with Crippen LogP contribution in [0.3, 0.4) is 0 Å². The first-order valence-corrected chi connectivity index (χ1v) is 7.82. The third-order valence-corrected chi connectivity index (χ3v) is 3.90. The van der Waals surface area contributed by atoms with E-state index in [1.807, 2.05) is 30.1 Å². The van der Waals surface area contributed by atoms with Crippen LogP contribution in [-0.2, 0) is 11.3 Å². The molecule has 0 saturated carbocycles. The van der Waals surface area contributed by atoms with Crippen molar-refractivity contribution < 1.29 is 4.74 Å². The van der Waals surface area contributed by atoms with E-state index in [0.717, 1.165) is 34.5 Å². The van der Waals surface area contributed by atoms with Gasteiger partial charge in [0.25, 0.3) is 0 Å². The molecule has 0 fully saturated rings. The van der Waals surface area contributed by atoms with Crippen molar-refractivity contribution in [3.63, 3.8) is 0 Å². The van der Waals surface area contributed by atoms with Gasteiger partial charge in [0, 0.05) is 19.0 Å². The van der Waals surface area contributed by atoms with Gasteiger partial charge in [-0.25, -0.2) is 0 Å². The third-order valence-electron chi connectivity index (χ3n) is 3.29. The predicted octanol–water partition coefficient (Wildman–Crippen LogP) is 2.69. The largest absolute Gasteiger partial charge is 0.383 e. The minimum Gasteiger partial charge on any atom is -0.383 e. The van der Waals surface area contributed by atoms with E-state index in [2.05, 4.69) is 44.3 Å². The van der Waals surface area contributed by atoms with E-state index < -0.39 is 0 Å². The molecule has 0 aliphatic carbocycles. The van der Waals surface area contributed by atoms with Gasteiger partial charge in [-0.1, -0.05) is 13.0 Å². The standard InChI is InChI=1S/C15H21BrN4O/c1-4-17-14(12-6-5-11(2)18-9-12)15-13(16)10-19-20(15)7-8-21-3/h5-6,9-10,14,17H,4,7-8H2,1-3H3. The molecule has 0 amide bonds. The molecule has 5 nitrogen and oxygen atoms in total. The monoisotopic (exact) mass is 352 g/mol. The van der Waals surface area contributed by atoms with E-state index in [9.17, 15) is 0 Å². The Bertz CT molecular complexity index is 568. The molecule has 2 heterocycles. The highest BCUT2D eigenvalue weighted by molar-refractivity contribution is 9.10. The van der Waals surface area contributed by atoms with Crippen molar-refractivity contribution in [2.75, 3.05) is 20.3 Å². The molecule has 0 spiro atoms. The summed E-state index contributed by atoms with van der Waals surface area (Å²) < 4.78 is 8.13. The summed E-state index contributed by atoms with van der Waals surface area (Å²) in [5.41, 5.74) is 3.24. The van der Waals surface area contributed by atoms with Crippen molar-refractivity contribution in [2.24, 2.45) is 0 Å². The van der Waals surface area contributed by atoms with E-state index in [1.165, 1.54) is 0 Å². The Morgan fingerprint density at radius 2 is 2.19 bits per heavy atom. The third kappa shape index (κ3) is 3.90. The lowest BCUT2D eigenvalue weighted by molar-refractivity contribution is 0.182. The van der Waals surface area contributed by atoms with Gasteiger partial charge in [0.15, 0.2) is 0 Å². The number of ether oxygens (including phenoxy) is 1. The van der Waals surface area contributed by atoms with E-state index in [4.69, 9.17) is 4.74 Å². The molecule has 2 aromatic heterocycles. The van der Waals surface area contributed by atoms with Crippen LogP contribution in [0.15, 0.2) is 29.0 Å². The van der Waals surface area contributed by atoms with Crippen molar-refractivity contribution in [1.29, 1.82) is 0 Å². The lowest BCUT2D eigenvalue weighted by atomic mass is 10.1. The first-order valence-electron chi connectivity index (χ1n) is 7.03. The highest BCUT2D eigenvalue weighted by Crippen LogP contribution is 2.28. The van der Waals surface area contributed by atoms with E-state index >= 15 is 0 Å². The Kier molecular flexibility index (Phi) is 5.90. The fourth-order valence-electron chi connectivity index (χ4n) is 2.24. The van der Waals surface area contributed by atoms with Crippen molar-refractivity contribution in [1.82, 2.24) is 20.1 Å². The topological polar surface area (TPSA) is 52.0 Å². The maximum Gasteiger partial charge on any atom is 0.0774 e. The normalized spacial score (nSPS) is 12.6. The number of methoxy groups -OCH3 is 1. The first-order chi connectivity index (χ1) is 10.2. The van der Waals surface area contributed by atoms with E-state index in [0.29, 0.717) is 6.61 Å². The molecule has 2 rings (SSSR count). The van der Waals surface area contributed by atoms with Crippen LogP contribution < -0.4 is 5.32 Å². The number of pyridine rings is 1. The minimum absolute atomic E-state index is 0.0526. The van der Waals surface area contributed by atoms with Gasteiger partial charge in [-0.15, -0.1) is 0 Å². The SMILES string of the molecule is CCNC(c1ccc(C)nc1)c1c(Br)cnn1CCOC. The summed E-state index contributed by atoms with van der Waals surface area (Å²) in [7, 11) is 1.70. The number of aromatic nitrogens is 3. The zero-order valence-corrected chi connectivity index (χ0v) is 14.2. The summed E-state index contributed by atoms with van der Waals surface area (Å²) in [5.74, 6) is 0. The van der Waals surface area contributed by atoms with Crippen LogP contribution in [0.25, 0.3) is 0 Å². The van der Waals surface area contributed by atoms with Gasteiger partial charge >= 0.3 is 0 Å². The average Bonchev–Trinajstić information content (AvgIpc) is 2.84.